The molecule has 0 spiro atoms. The molecule has 1 atom stereocenters. The molecule has 0 saturated carbocycles. The molecular weight excluding hydrogens is 370 g/mol. The molecule has 2 heterocycles. The third kappa shape index (κ3) is 4.23. The fourth-order valence-electron chi connectivity index (χ4n) is 2.66. The van der Waals surface area contributed by atoms with Crippen molar-refractivity contribution < 1.29 is 9.59 Å². The van der Waals surface area contributed by atoms with Crippen molar-refractivity contribution in [3.8, 4) is 0 Å². The Kier molecular flexibility index (Phi) is 5.89. The number of hydrogen-bond donors (Lipinski definition) is 2. The summed E-state index contributed by atoms with van der Waals surface area (Å²) in [5, 5.41) is 14.7. The van der Waals surface area contributed by atoms with Gasteiger partial charge in [0, 0.05) is 19.0 Å². The molecule has 9 heteroatoms. The standard InChI is InChI=1S/C17H19N5O2S2/c1-3-8-18-16-20-21-17(26-16)25-10-15(24)22-11(2)9-14(23)19-12-6-4-5-7-13(12)22/h3-7,11H,1,8-10H2,2H3,(H,18,20)(H,19,23)/t11-/m0/s1. The molecule has 0 saturated heterocycles. The van der Waals surface area contributed by atoms with E-state index in [1.807, 2.05) is 25.1 Å². The maximum Gasteiger partial charge on any atom is 0.237 e. The molecule has 2 N–H and O–H groups in total. The van der Waals surface area contributed by atoms with Crippen LogP contribution in [0.3, 0.4) is 0 Å². The quantitative estimate of drug-likeness (QED) is 0.583. The molecule has 2 amide bonds. The lowest BCUT2D eigenvalue weighted by molar-refractivity contribution is -0.117. The van der Waals surface area contributed by atoms with Gasteiger partial charge in [-0.05, 0) is 19.1 Å². The highest BCUT2D eigenvalue weighted by Crippen LogP contribution is 2.33. The minimum atomic E-state index is -0.217. The normalized spacial score (nSPS) is 16.4. The summed E-state index contributed by atoms with van der Waals surface area (Å²) in [5.41, 5.74) is 1.38. The monoisotopic (exact) mass is 389 g/mol. The largest absolute Gasteiger partial charge is 0.357 e. The number of anilines is 3. The number of rotatable bonds is 6. The summed E-state index contributed by atoms with van der Waals surface area (Å²) < 4.78 is 0.717. The average Bonchev–Trinajstić information content (AvgIpc) is 3.02. The van der Waals surface area contributed by atoms with Crippen molar-refractivity contribution in [1.82, 2.24) is 10.2 Å². The van der Waals surface area contributed by atoms with Gasteiger partial charge < -0.3 is 15.5 Å². The molecule has 0 bridgehead atoms. The number of aromatic nitrogens is 2. The van der Waals surface area contributed by atoms with Crippen LogP contribution in [0.2, 0.25) is 0 Å². The van der Waals surface area contributed by atoms with E-state index in [1.165, 1.54) is 23.1 Å². The van der Waals surface area contributed by atoms with Gasteiger partial charge in [0.25, 0.3) is 0 Å². The summed E-state index contributed by atoms with van der Waals surface area (Å²) in [7, 11) is 0. The Morgan fingerprint density at radius 1 is 1.50 bits per heavy atom. The Morgan fingerprint density at radius 3 is 3.12 bits per heavy atom. The third-order valence-electron chi connectivity index (χ3n) is 3.75. The van der Waals surface area contributed by atoms with Crippen molar-refractivity contribution in [1.29, 1.82) is 0 Å². The predicted molar refractivity (Wildman–Crippen MR) is 106 cm³/mol. The molecule has 2 aromatic rings. The Labute approximate surface area is 159 Å². The number of carbonyl (C=O) groups is 2. The molecule has 0 aliphatic carbocycles. The van der Waals surface area contributed by atoms with E-state index in [2.05, 4.69) is 27.4 Å². The van der Waals surface area contributed by atoms with Gasteiger partial charge in [-0.3, -0.25) is 9.59 Å². The topological polar surface area (TPSA) is 87.2 Å². The second-order valence-corrected chi connectivity index (χ2v) is 7.91. The third-order valence-corrected chi connectivity index (χ3v) is 5.75. The Hall–Kier alpha value is -2.39. The van der Waals surface area contributed by atoms with Crippen molar-refractivity contribution in [2.24, 2.45) is 0 Å². The van der Waals surface area contributed by atoms with Crippen molar-refractivity contribution in [3.63, 3.8) is 0 Å². The van der Waals surface area contributed by atoms with Gasteiger partial charge in [0.1, 0.15) is 0 Å². The molecule has 1 aliphatic heterocycles. The van der Waals surface area contributed by atoms with Crippen molar-refractivity contribution in [2.75, 3.05) is 27.8 Å². The number of hydrogen-bond acceptors (Lipinski definition) is 7. The van der Waals surface area contributed by atoms with E-state index >= 15 is 0 Å². The Balaban J connectivity index is 1.71. The number of fused-ring (bicyclic) bond motifs is 1. The van der Waals surface area contributed by atoms with E-state index in [9.17, 15) is 9.59 Å². The van der Waals surface area contributed by atoms with Gasteiger partial charge in [-0.15, -0.1) is 16.8 Å². The highest BCUT2D eigenvalue weighted by Gasteiger charge is 2.29. The summed E-state index contributed by atoms with van der Waals surface area (Å²) in [5.74, 6) is 0.0698. The van der Waals surface area contributed by atoms with Crippen LogP contribution in [0.25, 0.3) is 0 Å². The van der Waals surface area contributed by atoms with E-state index in [0.717, 1.165) is 10.0 Å². The summed E-state index contributed by atoms with van der Waals surface area (Å²) in [4.78, 5) is 26.6. The maximum absolute atomic E-state index is 12.9. The van der Waals surface area contributed by atoms with Gasteiger partial charge in [0.05, 0.1) is 17.1 Å². The van der Waals surface area contributed by atoms with Crippen LogP contribution >= 0.6 is 23.1 Å². The zero-order valence-electron chi connectivity index (χ0n) is 14.3. The minimum Gasteiger partial charge on any atom is -0.357 e. The predicted octanol–water partition coefficient (Wildman–Crippen LogP) is 2.99. The molecule has 0 radical (unpaired) electrons. The van der Waals surface area contributed by atoms with Gasteiger partial charge in [-0.25, -0.2) is 0 Å². The number of benzene rings is 1. The first-order valence-corrected chi connectivity index (χ1v) is 9.90. The van der Waals surface area contributed by atoms with E-state index in [4.69, 9.17) is 0 Å². The summed E-state index contributed by atoms with van der Waals surface area (Å²) in [6.45, 7) is 6.14. The van der Waals surface area contributed by atoms with E-state index < -0.39 is 0 Å². The first-order chi connectivity index (χ1) is 12.6. The lowest BCUT2D eigenvalue weighted by Crippen LogP contribution is -2.40. The van der Waals surface area contributed by atoms with Crippen molar-refractivity contribution >= 4 is 51.4 Å². The molecule has 0 fully saturated rings. The number of nitrogens with one attached hydrogen (secondary N) is 2. The van der Waals surface area contributed by atoms with Gasteiger partial charge in [-0.1, -0.05) is 41.3 Å². The first kappa shape index (κ1) is 18.4. The molecule has 1 aromatic carbocycles. The van der Waals surface area contributed by atoms with E-state index in [-0.39, 0.29) is 30.0 Å². The smallest absolute Gasteiger partial charge is 0.237 e. The zero-order valence-corrected chi connectivity index (χ0v) is 15.9. The maximum atomic E-state index is 12.9. The molecule has 26 heavy (non-hydrogen) atoms. The van der Waals surface area contributed by atoms with Crippen molar-refractivity contribution in [2.45, 2.75) is 23.7 Å². The molecule has 3 rings (SSSR count). The molecule has 7 nitrogen and oxygen atoms in total. The second kappa shape index (κ2) is 8.33. The molecule has 0 unspecified atom stereocenters. The van der Waals surface area contributed by atoms with Crippen LogP contribution in [0.5, 0.6) is 0 Å². The van der Waals surface area contributed by atoms with Gasteiger partial charge in [-0.2, -0.15) is 0 Å². The minimum absolute atomic E-state index is 0.0674. The van der Waals surface area contributed by atoms with Crippen LogP contribution in [0, 0.1) is 0 Å². The van der Waals surface area contributed by atoms with Crippen LogP contribution in [-0.2, 0) is 9.59 Å². The lowest BCUT2D eigenvalue weighted by Gasteiger charge is -2.27. The van der Waals surface area contributed by atoms with Gasteiger partial charge in [0.2, 0.25) is 16.9 Å². The van der Waals surface area contributed by atoms with Gasteiger partial charge in [0.15, 0.2) is 4.34 Å². The van der Waals surface area contributed by atoms with E-state index in [1.54, 1.807) is 17.0 Å². The molecule has 1 aromatic heterocycles. The van der Waals surface area contributed by atoms with Crippen LogP contribution in [0.4, 0.5) is 16.5 Å². The fraction of sp³-hybridized carbons (Fsp3) is 0.294. The number of carbonyl (C=O) groups excluding carboxylic acids is 2. The van der Waals surface area contributed by atoms with Gasteiger partial charge >= 0.3 is 0 Å². The van der Waals surface area contributed by atoms with E-state index in [0.29, 0.717) is 17.4 Å². The summed E-state index contributed by atoms with van der Waals surface area (Å²) in [6.07, 6.45) is 2.00. The second-order valence-electron chi connectivity index (χ2n) is 5.71. The van der Waals surface area contributed by atoms with Crippen LogP contribution in [0.1, 0.15) is 13.3 Å². The number of thioether (sulfide) groups is 1. The van der Waals surface area contributed by atoms with Crippen LogP contribution in [-0.4, -0.2) is 40.4 Å². The lowest BCUT2D eigenvalue weighted by atomic mass is 10.2. The fourth-order valence-corrected chi connectivity index (χ4v) is 4.28. The van der Waals surface area contributed by atoms with Crippen LogP contribution in [0.15, 0.2) is 41.3 Å². The number of nitrogens with zero attached hydrogens (tertiary/aromatic N) is 3. The highest BCUT2D eigenvalue weighted by molar-refractivity contribution is 8.01. The summed E-state index contributed by atoms with van der Waals surface area (Å²) >= 11 is 2.74. The Bertz CT molecular complexity index is 823. The number of amides is 2. The number of para-hydroxylation sites is 2. The first-order valence-electron chi connectivity index (χ1n) is 8.10. The average molecular weight is 390 g/mol. The van der Waals surface area contributed by atoms with Crippen LogP contribution < -0.4 is 15.5 Å². The molecule has 1 aliphatic rings. The SMILES string of the molecule is C=CCNc1nnc(SCC(=O)N2c3ccccc3NC(=O)C[C@@H]2C)s1. The molecule has 136 valence electrons. The highest BCUT2D eigenvalue weighted by atomic mass is 32.2. The summed E-state index contributed by atoms with van der Waals surface area (Å²) in [6, 6.07) is 7.14. The molecular formula is C17H19N5O2S2. The zero-order chi connectivity index (χ0) is 18.5. The van der Waals surface area contributed by atoms with Crippen molar-refractivity contribution in [3.05, 3.63) is 36.9 Å². The Morgan fingerprint density at radius 2 is 2.31 bits per heavy atom.